The van der Waals surface area contributed by atoms with Crippen LogP contribution in [0.5, 0.6) is 23.0 Å². The molecule has 0 spiro atoms. The van der Waals surface area contributed by atoms with E-state index in [-0.39, 0.29) is 18.4 Å². The molecule has 7 heteroatoms. The first-order valence-electron chi connectivity index (χ1n) is 9.56. The van der Waals surface area contributed by atoms with E-state index in [0.717, 1.165) is 11.3 Å². The second kappa shape index (κ2) is 7.18. The van der Waals surface area contributed by atoms with Crippen molar-refractivity contribution in [1.82, 2.24) is 4.90 Å². The number of carbonyl (C=O) groups excluding carboxylic acids is 1. The number of ether oxygens (including phenoxy) is 3. The van der Waals surface area contributed by atoms with Gasteiger partial charge in [0.2, 0.25) is 6.79 Å². The van der Waals surface area contributed by atoms with E-state index in [1.807, 2.05) is 36.4 Å². The van der Waals surface area contributed by atoms with Crippen molar-refractivity contribution in [1.29, 1.82) is 0 Å². The van der Waals surface area contributed by atoms with Gasteiger partial charge in [0.25, 0.3) is 5.91 Å². The Hall–Kier alpha value is -3.87. The lowest BCUT2D eigenvalue weighted by molar-refractivity contribution is 0.0664. The summed E-state index contributed by atoms with van der Waals surface area (Å²) in [6, 6.07) is 18.2. The molecule has 1 atom stereocenters. The lowest BCUT2D eigenvalue weighted by Gasteiger charge is -2.38. The van der Waals surface area contributed by atoms with Gasteiger partial charge < -0.3 is 29.5 Å². The molecule has 0 bridgehead atoms. The molecule has 0 unspecified atom stereocenters. The zero-order valence-corrected chi connectivity index (χ0v) is 16.3. The molecule has 0 saturated heterocycles. The van der Waals surface area contributed by atoms with Crippen molar-refractivity contribution >= 4 is 11.6 Å². The second-order valence-corrected chi connectivity index (χ2v) is 7.11. The molecule has 0 aliphatic carbocycles. The Kier molecular flexibility index (Phi) is 4.35. The van der Waals surface area contributed by atoms with E-state index in [2.05, 4.69) is 5.32 Å². The first kappa shape index (κ1) is 18.2. The molecule has 30 heavy (non-hydrogen) atoms. The Morgan fingerprint density at radius 3 is 2.80 bits per heavy atom. The summed E-state index contributed by atoms with van der Waals surface area (Å²) in [4.78, 5) is 15.1. The van der Waals surface area contributed by atoms with E-state index in [1.165, 1.54) is 7.11 Å². The standard InChI is InChI=1S/C23H20N2O5/c1-28-19-8-4-6-16(21(19)26)22-24-17-7-3-2-5-15(17)23(27)25(22)12-14-9-10-18-20(11-14)30-13-29-18/h2-11,22,24,26H,12-13H2,1H3/t22-/m1/s1. The molecule has 7 nitrogen and oxygen atoms in total. The minimum atomic E-state index is -0.576. The van der Waals surface area contributed by atoms with Crippen LogP contribution in [0.15, 0.2) is 60.7 Å². The van der Waals surface area contributed by atoms with E-state index in [4.69, 9.17) is 14.2 Å². The van der Waals surface area contributed by atoms with Crippen LogP contribution in [0.1, 0.15) is 27.7 Å². The highest BCUT2D eigenvalue weighted by molar-refractivity contribution is 6.01. The summed E-state index contributed by atoms with van der Waals surface area (Å²) in [6.07, 6.45) is -0.576. The van der Waals surface area contributed by atoms with Gasteiger partial charge in [0.15, 0.2) is 23.0 Å². The SMILES string of the molecule is COc1cccc([C@@H]2Nc3ccccc3C(=O)N2Cc2ccc3c(c2)OCO3)c1O. The van der Waals surface area contributed by atoms with Crippen molar-refractivity contribution in [3.8, 4) is 23.0 Å². The van der Waals surface area contributed by atoms with Crippen molar-refractivity contribution in [2.75, 3.05) is 19.2 Å². The van der Waals surface area contributed by atoms with Crippen LogP contribution in [-0.2, 0) is 6.54 Å². The Morgan fingerprint density at radius 1 is 1.10 bits per heavy atom. The predicted molar refractivity (Wildman–Crippen MR) is 110 cm³/mol. The van der Waals surface area contributed by atoms with Crippen molar-refractivity contribution < 1.29 is 24.1 Å². The number of phenols is 1. The third-order valence-electron chi connectivity index (χ3n) is 5.36. The summed E-state index contributed by atoms with van der Waals surface area (Å²) >= 11 is 0. The first-order chi connectivity index (χ1) is 14.7. The minimum absolute atomic E-state index is 0.000341. The average Bonchev–Trinajstić information content (AvgIpc) is 3.24. The fourth-order valence-corrected chi connectivity index (χ4v) is 3.86. The van der Waals surface area contributed by atoms with Crippen molar-refractivity contribution in [2.24, 2.45) is 0 Å². The van der Waals surface area contributed by atoms with Gasteiger partial charge in [0, 0.05) is 17.8 Å². The highest BCUT2D eigenvalue weighted by Gasteiger charge is 2.35. The molecule has 3 aromatic carbocycles. The summed E-state index contributed by atoms with van der Waals surface area (Å²) in [5, 5.41) is 14.1. The predicted octanol–water partition coefficient (Wildman–Crippen LogP) is 3.90. The summed E-state index contributed by atoms with van der Waals surface area (Å²) in [5.41, 5.74) is 2.74. The number of amides is 1. The van der Waals surface area contributed by atoms with Crippen LogP contribution in [0.25, 0.3) is 0 Å². The highest BCUT2D eigenvalue weighted by atomic mass is 16.7. The molecule has 3 aromatic rings. The molecule has 2 aliphatic rings. The van der Waals surface area contributed by atoms with Crippen LogP contribution in [0, 0.1) is 0 Å². The van der Waals surface area contributed by atoms with Crippen molar-refractivity contribution in [2.45, 2.75) is 12.7 Å². The van der Waals surface area contributed by atoms with E-state index < -0.39 is 6.17 Å². The average molecular weight is 404 g/mol. The number of nitrogens with one attached hydrogen (secondary N) is 1. The third kappa shape index (κ3) is 2.95. The molecule has 152 valence electrons. The molecule has 0 saturated carbocycles. The fourth-order valence-electron chi connectivity index (χ4n) is 3.86. The van der Waals surface area contributed by atoms with Crippen LogP contribution in [-0.4, -0.2) is 29.8 Å². The molecule has 2 heterocycles. The minimum Gasteiger partial charge on any atom is -0.504 e. The number of rotatable bonds is 4. The summed E-state index contributed by atoms with van der Waals surface area (Å²) in [6.45, 7) is 0.509. The fraction of sp³-hybridized carbons (Fsp3) is 0.174. The van der Waals surface area contributed by atoms with Crippen LogP contribution < -0.4 is 19.5 Å². The number of anilines is 1. The quantitative estimate of drug-likeness (QED) is 0.687. The van der Waals surface area contributed by atoms with E-state index in [1.54, 1.807) is 29.2 Å². The smallest absolute Gasteiger partial charge is 0.258 e. The number of carbonyl (C=O) groups is 1. The number of fused-ring (bicyclic) bond motifs is 2. The number of methoxy groups -OCH3 is 1. The van der Waals surface area contributed by atoms with Crippen molar-refractivity contribution in [3.05, 3.63) is 77.4 Å². The number of hydrogen-bond donors (Lipinski definition) is 2. The maximum Gasteiger partial charge on any atom is 0.258 e. The van der Waals surface area contributed by atoms with E-state index in [0.29, 0.717) is 34.9 Å². The van der Waals surface area contributed by atoms with E-state index >= 15 is 0 Å². The third-order valence-corrected chi connectivity index (χ3v) is 5.36. The van der Waals surface area contributed by atoms with Gasteiger partial charge in [-0.3, -0.25) is 4.79 Å². The molecule has 0 radical (unpaired) electrons. The number of phenolic OH excluding ortho intramolecular Hbond substituents is 1. The van der Waals surface area contributed by atoms with Crippen LogP contribution in [0.2, 0.25) is 0 Å². The number of hydrogen-bond acceptors (Lipinski definition) is 6. The van der Waals surface area contributed by atoms with Gasteiger partial charge in [-0.1, -0.05) is 30.3 Å². The Labute approximate surface area is 173 Å². The lowest BCUT2D eigenvalue weighted by Crippen LogP contribution is -2.42. The van der Waals surface area contributed by atoms with Gasteiger partial charge in [0.05, 0.1) is 12.7 Å². The highest BCUT2D eigenvalue weighted by Crippen LogP contribution is 2.41. The molecule has 1 amide bonds. The summed E-state index contributed by atoms with van der Waals surface area (Å²) < 4.78 is 16.1. The van der Waals surface area contributed by atoms with Gasteiger partial charge in [-0.15, -0.1) is 0 Å². The molecule has 0 aromatic heterocycles. The summed E-state index contributed by atoms with van der Waals surface area (Å²) in [7, 11) is 1.50. The largest absolute Gasteiger partial charge is 0.504 e. The lowest BCUT2D eigenvalue weighted by atomic mass is 10.0. The molecule has 0 fully saturated rings. The Morgan fingerprint density at radius 2 is 1.93 bits per heavy atom. The number of nitrogens with zero attached hydrogens (tertiary/aromatic N) is 1. The van der Waals surface area contributed by atoms with E-state index in [9.17, 15) is 9.90 Å². The number of aromatic hydroxyl groups is 1. The van der Waals surface area contributed by atoms with Gasteiger partial charge >= 0.3 is 0 Å². The van der Waals surface area contributed by atoms with Gasteiger partial charge in [0.1, 0.15) is 6.17 Å². The summed E-state index contributed by atoms with van der Waals surface area (Å²) in [5.74, 6) is 1.57. The molecular formula is C23H20N2O5. The van der Waals surface area contributed by atoms with Crippen LogP contribution in [0.4, 0.5) is 5.69 Å². The Bertz CT molecular complexity index is 1130. The normalized spacial score (nSPS) is 16.8. The maximum atomic E-state index is 13.4. The molecule has 5 rings (SSSR count). The van der Waals surface area contributed by atoms with Crippen LogP contribution in [0.3, 0.4) is 0 Å². The molecular weight excluding hydrogens is 384 g/mol. The Balaban J connectivity index is 1.57. The first-order valence-corrected chi connectivity index (χ1v) is 9.56. The topological polar surface area (TPSA) is 80.3 Å². The van der Waals surface area contributed by atoms with Gasteiger partial charge in [-0.2, -0.15) is 0 Å². The zero-order chi connectivity index (χ0) is 20.7. The zero-order valence-electron chi connectivity index (χ0n) is 16.3. The molecule has 2 aliphatic heterocycles. The molecule has 2 N–H and O–H groups in total. The second-order valence-electron chi connectivity index (χ2n) is 7.11. The van der Waals surface area contributed by atoms with Crippen LogP contribution >= 0.6 is 0 Å². The monoisotopic (exact) mass is 404 g/mol. The van der Waals surface area contributed by atoms with Gasteiger partial charge in [-0.25, -0.2) is 0 Å². The maximum absolute atomic E-state index is 13.4. The number of benzene rings is 3. The number of para-hydroxylation sites is 2. The van der Waals surface area contributed by atoms with Gasteiger partial charge in [-0.05, 0) is 35.9 Å². The van der Waals surface area contributed by atoms with Crippen molar-refractivity contribution in [3.63, 3.8) is 0 Å².